The molecule has 0 aromatic heterocycles. The van der Waals surface area contributed by atoms with Crippen LogP contribution >= 0.6 is 0 Å². The van der Waals surface area contributed by atoms with Crippen molar-refractivity contribution in [3.8, 4) is 0 Å². The lowest BCUT2D eigenvalue weighted by molar-refractivity contribution is -0.161. The van der Waals surface area contributed by atoms with Crippen molar-refractivity contribution in [3.63, 3.8) is 0 Å². The molecule has 0 radical (unpaired) electrons. The van der Waals surface area contributed by atoms with Crippen LogP contribution < -0.4 is 0 Å². The molecule has 76 heavy (non-hydrogen) atoms. The van der Waals surface area contributed by atoms with E-state index < -0.39 is 6.10 Å². The molecule has 0 aromatic rings. The van der Waals surface area contributed by atoms with Gasteiger partial charge in [-0.15, -0.1) is 0 Å². The Labute approximate surface area is 473 Å². The highest BCUT2D eigenvalue weighted by molar-refractivity contribution is 5.70. The van der Waals surface area contributed by atoms with Crippen molar-refractivity contribution in [1.29, 1.82) is 0 Å². The summed E-state index contributed by atoms with van der Waals surface area (Å²) in [4.78, 5) is 24.6. The van der Waals surface area contributed by atoms with Gasteiger partial charge in [0, 0.05) is 12.8 Å². The third kappa shape index (κ3) is 63.9. The second-order valence-electron chi connectivity index (χ2n) is 22.5. The Bertz CT molecular complexity index is 1340. The zero-order valence-electron chi connectivity index (χ0n) is 50.8. The number of aliphatic hydroxyl groups is 1. The molecule has 0 spiro atoms. The van der Waals surface area contributed by atoms with Gasteiger partial charge in [0.1, 0.15) is 6.61 Å². The Kier molecular flexibility index (Phi) is 64.3. The number of hydrogen-bond donors (Lipinski definition) is 1. The molecule has 0 bridgehead atoms. The van der Waals surface area contributed by atoms with Crippen molar-refractivity contribution in [2.24, 2.45) is 0 Å². The van der Waals surface area contributed by atoms with E-state index in [9.17, 15) is 14.7 Å². The van der Waals surface area contributed by atoms with Gasteiger partial charge in [0.2, 0.25) is 0 Å². The first-order valence-electron chi connectivity index (χ1n) is 33.5. The molecule has 442 valence electrons. The lowest BCUT2D eigenvalue weighted by Crippen LogP contribution is -2.28. The van der Waals surface area contributed by atoms with Gasteiger partial charge >= 0.3 is 11.9 Å². The summed E-state index contributed by atoms with van der Waals surface area (Å²) >= 11 is 0. The Balaban J connectivity index is 3.40. The van der Waals surface area contributed by atoms with Gasteiger partial charge < -0.3 is 14.6 Å². The minimum Gasteiger partial charge on any atom is -0.462 e. The first-order chi connectivity index (χ1) is 37.6. The predicted octanol–water partition coefficient (Wildman–Crippen LogP) is 23.1. The Hall–Kier alpha value is -2.66. The van der Waals surface area contributed by atoms with Crippen LogP contribution in [0, 0.1) is 0 Å². The van der Waals surface area contributed by atoms with Crippen LogP contribution in [0.15, 0.2) is 72.9 Å². The summed E-state index contributed by atoms with van der Waals surface area (Å²) in [5.41, 5.74) is 0. The van der Waals surface area contributed by atoms with E-state index >= 15 is 0 Å². The standard InChI is InChI=1S/C71H128O5/c1-3-5-7-9-11-13-15-17-19-21-23-25-26-27-28-29-30-31-32-33-34-35-36-37-38-39-40-41-42-43-44-46-48-50-52-54-56-58-60-62-64-66-71(74)76-69(67-72)68-75-70(73)65-63-61-59-57-55-53-51-49-47-45-24-22-20-18-16-14-12-10-8-6-4-2/h5,7,11,13,17,19,22-25,27-28,69,72H,3-4,6,8-10,12,14-16,18,20-21,26,29-68H2,1-2H3/b7-5-,13-11-,19-17-,24-22-,25-23-,28-27-. The van der Waals surface area contributed by atoms with E-state index in [2.05, 4.69) is 86.8 Å². The molecule has 0 heterocycles. The van der Waals surface area contributed by atoms with Crippen LogP contribution in [-0.4, -0.2) is 36.4 Å². The Morgan fingerprint density at radius 3 is 0.868 bits per heavy atom. The van der Waals surface area contributed by atoms with E-state index in [0.717, 1.165) is 70.6 Å². The molecule has 0 saturated carbocycles. The number of aliphatic hydroxyl groups excluding tert-OH is 1. The number of unbranched alkanes of at least 4 members (excludes halogenated alkanes) is 42. The smallest absolute Gasteiger partial charge is 0.306 e. The fraction of sp³-hybridized carbons (Fsp3) is 0.803. The van der Waals surface area contributed by atoms with E-state index in [1.54, 1.807) is 0 Å². The quantitative estimate of drug-likeness (QED) is 0.0373. The normalized spacial score (nSPS) is 12.6. The lowest BCUT2D eigenvalue weighted by Gasteiger charge is -2.15. The average molecular weight is 1060 g/mol. The van der Waals surface area contributed by atoms with E-state index in [-0.39, 0.29) is 25.2 Å². The fourth-order valence-corrected chi connectivity index (χ4v) is 9.99. The van der Waals surface area contributed by atoms with Crippen LogP contribution in [0.5, 0.6) is 0 Å². The zero-order valence-corrected chi connectivity index (χ0v) is 50.8. The number of hydrogen-bond acceptors (Lipinski definition) is 5. The number of esters is 2. The van der Waals surface area contributed by atoms with Crippen molar-refractivity contribution in [2.45, 2.75) is 354 Å². The van der Waals surface area contributed by atoms with Crippen molar-refractivity contribution in [3.05, 3.63) is 72.9 Å². The van der Waals surface area contributed by atoms with Crippen molar-refractivity contribution < 1.29 is 24.2 Å². The highest BCUT2D eigenvalue weighted by Gasteiger charge is 2.16. The maximum atomic E-state index is 12.3. The molecule has 0 amide bonds. The number of carbonyl (C=O) groups is 2. The van der Waals surface area contributed by atoms with Crippen molar-refractivity contribution >= 4 is 11.9 Å². The molecule has 5 heteroatoms. The van der Waals surface area contributed by atoms with Crippen LogP contribution in [0.3, 0.4) is 0 Å². The maximum Gasteiger partial charge on any atom is 0.306 e. The maximum absolute atomic E-state index is 12.3. The van der Waals surface area contributed by atoms with Gasteiger partial charge in [-0.1, -0.05) is 324 Å². The molecule has 1 unspecified atom stereocenters. The molecule has 0 saturated heterocycles. The van der Waals surface area contributed by atoms with Gasteiger partial charge in [-0.25, -0.2) is 0 Å². The Morgan fingerprint density at radius 2 is 0.566 bits per heavy atom. The number of carbonyl (C=O) groups excluding carboxylic acids is 2. The van der Waals surface area contributed by atoms with Gasteiger partial charge in [-0.2, -0.15) is 0 Å². The first-order valence-corrected chi connectivity index (χ1v) is 33.5. The molecule has 0 fully saturated rings. The van der Waals surface area contributed by atoms with E-state index in [1.807, 2.05) is 0 Å². The second kappa shape index (κ2) is 66.6. The van der Waals surface area contributed by atoms with Crippen molar-refractivity contribution in [2.75, 3.05) is 13.2 Å². The van der Waals surface area contributed by atoms with Gasteiger partial charge in [-0.05, 0) is 83.5 Å². The van der Waals surface area contributed by atoms with Crippen LogP contribution in [0.25, 0.3) is 0 Å². The lowest BCUT2D eigenvalue weighted by atomic mass is 10.0. The number of allylic oxidation sites excluding steroid dienone is 12. The summed E-state index contributed by atoms with van der Waals surface area (Å²) < 4.78 is 10.7. The molecule has 1 atom stereocenters. The SMILES string of the molecule is CC/C=C\C/C=C\C/C=C\C/C=C\C/C=C\CCCCCCCCCCCCCCCCCCCCCCCCCCCC(=O)OC(CO)COC(=O)CCCCCCCCCCC/C=C\CCCCCCCCCC. The zero-order chi connectivity index (χ0) is 54.8. The molecule has 0 aliphatic carbocycles. The molecule has 0 aromatic carbocycles. The van der Waals surface area contributed by atoms with Crippen molar-refractivity contribution in [1.82, 2.24) is 0 Å². The van der Waals surface area contributed by atoms with Gasteiger partial charge in [0.25, 0.3) is 0 Å². The molecule has 0 aliphatic rings. The molecule has 5 nitrogen and oxygen atoms in total. The summed E-state index contributed by atoms with van der Waals surface area (Å²) in [6.07, 6.45) is 92.2. The third-order valence-corrected chi connectivity index (χ3v) is 15.0. The summed E-state index contributed by atoms with van der Waals surface area (Å²) in [6.45, 7) is 4.07. The predicted molar refractivity (Wildman–Crippen MR) is 334 cm³/mol. The van der Waals surface area contributed by atoms with Crippen LogP contribution in [0.4, 0.5) is 0 Å². The number of rotatable bonds is 62. The monoisotopic (exact) mass is 1060 g/mol. The van der Waals surface area contributed by atoms with E-state index in [1.165, 1.54) is 250 Å². The third-order valence-electron chi connectivity index (χ3n) is 15.0. The molecule has 0 aliphatic heterocycles. The summed E-state index contributed by atoms with van der Waals surface area (Å²) in [7, 11) is 0. The van der Waals surface area contributed by atoms with E-state index in [0.29, 0.717) is 12.8 Å². The largest absolute Gasteiger partial charge is 0.462 e. The summed E-state index contributed by atoms with van der Waals surface area (Å²) in [5, 5.41) is 9.68. The minimum atomic E-state index is -0.772. The summed E-state index contributed by atoms with van der Waals surface area (Å²) in [6, 6.07) is 0. The average Bonchev–Trinajstić information content (AvgIpc) is 3.42. The highest BCUT2D eigenvalue weighted by Crippen LogP contribution is 2.18. The summed E-state index contributed by atoms with van der Waals surface area (Å²) in [5.74, 6) is -0.575. The molecule has 0 rings (SSSR count). The van der Waals surface area contributed by atoms with E-state index in [4.69, 9.17) is 9.47 Å². The Morgan fingerprint density at radius 1 is 0.316 bits per heavy atom. The minimum absolute atomic E-state index is 0.0631. The molecular weight excluding hydrogens is 933 g/mol. The van der Waals surface area contributed by atoms with Crippen LogP contribution in [0.1, 0.15) is 348 Å². The van der Waals surface area contributed by atoms with Gasteiger partial charge in [0.15, 0.2) is 6.10 Å². The number of ether oxygens (including phenoxy) is 2. The second-order valence-corrected chi connectivity index (χ2v) is 22.5. The highest BCUT2D eigenvalue weighted by atomic mass is 16.6. The topological polar surface area (TPSA) is 72.8 Å². The molecule has 1 N–H and O–H groups in total. The first kappa shape index (κ1) is 73.3. The fourth-order valence-electron chi connectivity index (χ4n) is 9.99. The van der Waals surface area contributed by atoms with Gasteiger partial charge in [-0.3, -0.25) is 9.59 Å². The van der Waals surface area contributed by atoms with Crippen LogP contribution in [-0.2, 0) is 19.1 Å². The molecular formula is C71H128O5. The van der Waals surface area contributed by atoms with Crippen LogP contribution in [0.2, 0.25) is 0 Å². The van der Waals surface area contributed by atoms with Gasteiger partial charge in [0.05, 0.1) is 6.61 Å².